The SMILES string of the molecule is CC(C)NCC(C)(Cc1cccc(F)c1F)C(C)C. The zero-order valence-electron chi connectivity index (χ0n) is 12.6. The lowest BCUT2D eigenvalue weighted by Crippen LogP contribution is -2.40. The predicted molar refractivity (Wildman–Crippen MR) is 76.1 cm³/mol. The zero-order valence-corrected chi connectivity index (χ0v) is 12.6. The number of nitrogens with one attached hydrogen (secondary N) is 1. The highest BCUT2D eigenvalue weighted by Gasteiger charge is 2.30. The quantitative estimate of drug-likeness (QED) is 0.817. The van der Waals surface area contributed by atoms with Gasteiger partial charge in [-0.3, -0.25) is 0 Å². The molecule has 108 valence electrons. The predicted octanol–water partition coefficient (Wildman–Crippen LogP) is 4.17. The summed E-state index contributed by atoms with van der Waals surface area (Å²) in [5.74, 6) is -1.10. The van der Waals surface area contributed by atoms with Crippen molar-refractivity contribution in [3.63, 3.8) is 0 Å². The van der Waals surface area contributed by atoms with Crippen molar-refractivity contribution < 1.29 is 8.78 Å². The molecule has 0 fully saturated rings. The van der Waals surface area contributed by atoms with Crippen LogP contribution in [0.25, 0.3) is 0 Å². The van der Waals surface area contributed by atoms with Gasteiger partial charge in [-0.25, -0.2) is 8.78 Å². The van der Waals surface area contributed by atoms with Crippen LogP contribution in [0.1, 0.15) is 40.2 Å². The first-order valence-corrected chi connectivity index (χ1v) is 6.92. The highest BCUT2D eigenvalue weighted by atomic mass is 19.2. The summed E-state index contributed by atoms with van der Waals surface area (Å²) in [6.07, 6.45) is 0.536. The molecule has 0 aliphatic heterocycles. The molecule has 1 atom stereocenters. The Kier molecular flexibility index (Phi) is 5.48. The molecule has 3 heteroatoms. The van der Waals surface area contributed by atoms with Gasteiger partial charge in [0.15, 0.2) is 11.6 Å². The van der Waals surface area contributed by atoms with Gasteiger partial charge in [-0.1, -0.05) is 46.8 Å². The minimum Gasteiger partial charge on any atom is -0.314 e. The zero-order chi connectivity index (χ0) is 14.6. The van der Waals surface area contributed by atoms with Gasteiger partial charge in [-0.15, -0.1) is 0 Å². The molecule has 0 saturated heterocycles. The van der Waals surface area contributed by atoms with Crippen molar-refractivity contribution in [2.75, 3.05) is 6.54 Å². The summed E-state index contributed by atoms with van der Waals surface area (Å²) >= 11 is 0. The normalized spacial score (nSPS) is 15.0. The van der Waals surface area contributed by atoms with E-state index in [2.05, 4.69) is 39.9 Å². The largest absolute Gasteiger partial charge is 0.314 e. The minimum absolute atomic E-state index is 0.0983. The van der Waals surface area contributed by atoms with Crippen LogP contribution in [0.3, 0.4) is 0 Å². The van der Waals surface area contributed by atoms with E-state index in [1.165, 1.54) is 0 Å². The van der Waals surface area contributed by atoms with Crippen molar-refractivity contribution in [1.29, 1.82) is 0 Å². The second-order valence-corrected chi connectivity index (χ2v) is 6.23. The monoisotopic (exact) mass is 269 g/mol. The Balaban J connectivity index is 2.92. The molecule has 0 aromatic heterocycles. The lowest BCUT2D eigenvalue weighted by Gasteiger charge is -2.35. The van der Waals surface area contributed by atoms with E-state index >= 15 is 0 Å². The number of hydrogen-bond donors (Lipinski definition) is 1. The Morgan fingerprint density at radius 1 is 1.16 bits per heavy atom. The second kappa shape index (κ2) is 6.47. The van der Waals surface area contributed by atoms with Crippen LogP contribution in [-0.2, 0) is 6.42 Å². The average molecular weight is 269 g/mol. The van der Waals surface area contributed by atoms with Crippen LogP contribution >= 0.6 is 0 Å². The van der Waals surface area contributed by atoms with E-state index in [9.17, 15) is 8.78 Å². The summed E-state index contributed by atoms with van der Waals surface area (Å²) in [5, 5.41) is 3.41. The fourth-order valence-electron chi connectivity index (χ4n) is 2.03. The maximum absolute atomic E-state index is 13.8. The number of rotatable bonds is 6. The molecule has 1 nitrogen and oxygen atoms in total. The fourth-order valence-corrected chi connectivity index (χ4v) is 2.03. The minimum atomic E-state index is -0.763. The smallest absolute Gasteiger partial charge is 0.162 e. The van der Waals surface area contributed by atoms with Crippen molar-refractivity contribution in [3.05, 3.63) is 35.4 Å². The highest BCUT2D eigenvalue weighted by Crippen LogP contribution is 2.32. The summed E-state index contributed by atoms with van der Waals surface area (Å²) in [6.45, 7) is 11.3. The van der Waals surface area contributed by atoms with E-state index < -0.39 is 11.6 Å². The van der Waals surface area contributed by atoms with Gasteiger partial charge < -0.3 is 5.32 Å². The third-order valence-corrected chi connectivity index (χ3v) is 3.93. The van der Waals surface area contributed by atoms with Gasteiger partial charge in [-0.05, 0) is 29.4 Å². The van der Waals surface area contributed by atoms with Crippen LogP contribution in [0.15, 0.2) is 18.2 Å². The third kappa shape index (κ3) is 4.27. The van der Waals surface area contributed by atoms with Gasteiger partial charge in [0.1, 0.15) is 0 Å². The summed E-state index contributed by atoms with van der Waals surface area (Å²) < 4.78 is 27.1. The lowest BCUT2D eigenvalue weighted by atomic mass is 9.74. The first kappa shape index (κ1) is 16.1. The molecule has 0 aliphatic carbocycles. The summed E-state index contributed by atoms with van der Waals surface area (Å²) in [5.41, 5.74) is 0.362. The Morgan fingerprint density at radius 2 is 1.79 bits per heavy atom. The first-order valence-electron chi connectivity index (χ1n) is 6.92. The molecule has 0 bridgehead atoms. The van der Waals surface area contributed by atoms with Gasteiger partial charge in [0, 0.05) is 12.6 Å². The fraction of sp³-hybridized carbons (Fsp3) is 0.625. The lowest BCUT2D eigenvalue weighted by molar-refractivity contribution is 0.199. The molecule has 0 radical (unpaired) electrons. The van der Waals surface area contributed by atoms with Crippen LogP contribution < -0.4 is 5.32 Å². The molecule has 0 aliphatic rings. The van der Waals surface area contributed by atoms with Crippen LogP contribution in [0.5, 0.6) is 0 Å². The topological polar surface area (TPSA) is 12.0 Å². The average Bonchev–Trinajstić information content (AvgIpc) is 2.32. The first-order chi connectivity index (χ1) is 8.76. The second-order valence-electron chi connectivity index (χ2n) is 6.23. The molecular weight excluding hydrogens is 244 g/mol. The molecule has 1 aromatic carbocycles. The van der Waals surface area contributed by atoms with E-state index in [0.29, 0.717) is 23.9 Å². The summed E-state index contributed by atoms with van der Waals surface area (Å²) in [4.78, 5) is 0. The summed E-state index contributed by atoms with van der Waals surface area (Å²) in [6, 6.07) is 4.80. The molecule has 0 heterocycles. The van der Waals surface area contributed by atoms with E-state index in [0.717, 1.165) is 12.6 Å². The van der Waals surface area contributed by atoms with E-state index in [-0.39, 0.29) is 5.41 Å². The van der Waals surface area contributed by atoms with Crippen molar-refractivity contribution in [1.82, 2.24) is 5.32 Å². The Bertz CT molecular complexity index is 415. The van der Waals surface area contributed by atoms with Crippen LogP contribution in [0.4, 0.5) is 8.78 Å². The molecule has 19 heavy (non-hydrogen) atoms. The molecule has 0 amide bonds. The molecule has 1 N–H and O–H groups in total. The van der Waals surface area contributed by atoms with Gasteiger partial charge in [0.2, 0.25) is 0 Å². The standard InChI is InChI=1S/C16H25F2N/c1-11(2)16(5,10-19-12(3)4)9-13-7-6-8-14(17)15(13)18/h6-8,11-12,19H,9-10H2,1-5H3. The molecule has 1 aromatic rings. The van der Waals surface area contributed by atoms with E-state index in [1.54, 1.807) is 12.1 Å². The Labute approximate surface area is 115 Å². The summed E-state index contributed by atoms with van der Waals surface area (Å²) in [7, 11) is 0. The molecular formula is C16H25F2N. The molecule has 1 unspecified atom stereocenters. The van der Waals surface area contributed by atoms with Crippen LogP contribution in [-0.4, -0.2) is 12.6 Å². The van der Waals surface area contributed by atoms with E-state index in [1.807, 2.05) is 0 Å². The van der Waals surface area contributed by atoms with Gasteiger partial charge >= 0.3 is 0 Å². The maximum Gasteiger partial charge on any atom is 0.162 e. The molecule has 0 spiro atoms. The van der Waals surface area contributed by atoms with Crippen molar-refractivity contribution >= 4 is 0 Å². The number of hydrogen-bond acceptors (Lipinski definition) is 1. The Morgan fingerprint density at radius 3 is 2.32 bits per heavy atom. The van der Waals surface area contributed by atoms with Gasteiger partial charge in [0.05, 0.1) is 0 Å². The van der Waals surface area contributed by atoms with Crippen LogP contribution in [0.2, 0.25) is 0 Å². The van der Waals surface area contributed by atoms with Crippen LogP contribution in [0, 0.1) is 23.0 Å². The third-order valence-electron chi connectivity index (χ3n) is 3.93. The van der Waals surface area contributed by atoms with Crippen molar-refractivity contribution in [2.45, 2.75) is 47.1 Å². The van der Waals surface area contributed by atoms with Crippen molar-refractivity contribution in [2.24, 2.45) is 11.3 Å². The highest BCUT2D eigenvalue weighted by molar-refractivity contribution is 5.20. The molecule has 0 saturated carbocycles. The Hall–Kier alpha value is -0.960. The van der Waals surface area contributed by atoms with Gasteiger partial charge in [0.25, 0.3) is 0 Å². The number of halogens is 2. The molecule has 1 rings (SSSR count). The van der Waals surface area contributed by atoms with E-state index in [4.69, 9.17) is 0 Å². The van der Waals surface area contributed by atoms with Gasteiger partial charge in [-0.2, -0.15) is 0 Å². The maximum atomic E-state index is 13.8. The number of benzene rings is 1. The van der Waals surface area contributed by atoms with Crippen molar-refractivity contribution in [3.8, 4) is 0 Å².